The van der Waals surface area contributed by atoms with Crippen molar-refractivity contribution < 1.29 is 78.3 Å². The van der Waals surface area contributed by atoms with Crippen molar-refractivity contribution >= 4 is 17.9 Å². The normalized spacial score (nSPS) is 13.2. The lowest BCUT2D eigenvalue weighted by atomic mass is 10.0. The number of imidazole rings is 1. The number of carbonyl (C=O) groups is 3. The highest BCUT2D eigenvalue weighted by Gasteiger charge is 2.39. The maximum atomic E-state index is 13.6. The summed E-state index contributed by atoms with van der Waals surface area (Å²) in [4.78, 5) is 40.5. The van der Waals surface area contributed by atoms with E-state index in [1.54, 1.807) is 18.3 Å². The molecule has 0 bridgehead atoms. The van der Waals surface area contributed by atoms with Gasteiger partial charge in [-0.15, -0.1) is 0 Å². The highest BCUT2D eigenvalue weighted by molar-refractivity contribution is 5.77. The van der Waals surface area contributed by atoms with Crippen LogP contribution in [0.25, 0.3) is 22.6 Å². The van der Waals surface area contributed by atoms with Crippen LogP contribution in [0.1, 0.15) is 30.0 Å². The maximum Gasteiger partial charge on any atom is 0.490 e. The van der Waals surface area contributed by atoms with Crippen molar-refractivity contribution in [2.24, 2.45) is 0 Å². The molecule has 0 aliphatic carbocycles. The van der Waals surface area contributed by atoms with Crippen LogP contribution in [-0.2, 0) is 14.4 Å². The maximum absolute atomic E-state index is 13.6. The van der Waals surface area contributed by atoms with Gasteiger partial charge in [-0.25, -0.2) is 28.7 Å². The molecule has 4 aromatic rings. The summed E-state index contributed by atoms with van der Waals surface area (Å²) in [6.45, 7) is 5.98. The number of alkyl halides is 9. The van der Waals surface area contributed by atoms with Gasteiger partial charge in [-0.3, -0.25) is 0 Å². The van der Waals surface area contributed by atoms with Crippen molar-refractivity contribution in [3.63, 3.8) is 0 Å². The first kappa shape index (κ1) is 44.4. The smallest absolute Gasteiger partial charge is 0.475 e. The molecular weight excluding hydrogens is 756 g/mol. The lowest BCUT2D eigenvalue weighted by Gasteiger charge is -2.25. The average Bonchev–Trinajstić information content (AvgIpc) is 3.53. The van der Waals surface area contributed by atoms with Crippen LogP contribution in [0.4, 0.5) is 43.9 Å². The van der Waals surface area contributed by atoms with E-state index in [4.69, 9.17) is 44.4 Å². The van der Waals surface area contributed by atoms with Gasteiger partial charge in [-0.2, -0.15) is 44.5 Å². The molecule has 4 N–H and O–H groups in total. The number of aliphatic carboxylic acids is 3. The highest BCUT2D eigenvalue weighted by atomic mass is 19.4. The van der Waals surface area contributed by atoms with Gasteiger partial charge >= 0.3 is 42.4 Å². The number of nitrogens with zero attached hydrogens (tertiary/aromatic N) is 4. The van der Waals surface area contributed by atoms with E-state index in [-0.39, 0.29) is 11.8 Å². The molecule has 2 aromatic heterocycles. The number of carboxylic acid groups (broad SMARTS) is 3. The SMILES string of the molecule is Cc1cccc(Oc2nccc(-c3c(-c4ccc(F)cc4)ncn3C3CCNCC3)n2)c1C.O=C(O)C(F)(F)F.O=C(O)C(F)(F)F.O=C(O)C(F)(F)F. The van der Waals surface area contributed by atoms with Gasteiger partial charge in [0.05, 0.1) is 23.4 Å². The molecule has 1 aliphatic heterocycles. The summed E-state index contributed by atoms with van der Waals surface area (Å²) >= 11 is 0. The molecule has 0 amide bonds. The van der Waals surface area contributed by atoms with Gasteiger partial charge in [0.15, 0.2) is 0 Å². The fourth-order valence-electron chi connectivity index (χ4n) is 4.25. The summed E-state index contributed by atoms with van der Waals surface area (Å²) in [7, 11) is 0. The summed E-state index contributed by atoms with van der Waals surface area (Å²) in [6.07, 6.45) is -9.67. The van der Waals surface area contributed by atoms with E-state index in [1.807, 2.05) is 44.4 Å². The number of hydrogen-bond donors (Lipinski definition) is 4. The number of rotatable bonds is 5. The molecule has 12 nitrogen and oxygen atoms in total. The Labute approximate surface area is 298 Å². The number of halogens is 10. The molecule has 1 aliphatic rings. The molecule has 2 aromatic carbocycles. The number of hydrogen-bond acceptors (Lipinski definition) is 8. The largest absolute Gasteiger partial charge is 0.490 e. The summed E-state index contributed by atoms with van der Waals surface area (Å²) in [6, 6.07) is 14.8. The lowest BCUT2D eigenvalue weighted by Crippen LogP contribution is -2.29. The van der Waals surface area contributed by atoms with Crippen LogP contribution in [0.5, 0.6) is 11.8 Å². The number of aromatic nitrogens is 4. The van der Waals surface area contributed by atoms with Crippen LogP contribution in [-0.4, -0.2) is 84.4 Å². The second-order valence-corrected chi connectivity index (χ2v) is 10.8. The van der Waals surface area contributed by atoms with Crippen LogP contribution in [0.15, 0.2) is 61.1 Å². The molecule has 0 atom stereocenters. The predicted molar refractivity (Wildman–Crippen MR) is 167 cm³/mol. The van der Waals surface area contributed by atoms with Gasteiger partial charge in [0.1, 0.15) is 11.6 Å². The zero-order chi connectivity index (χ0) is 41.0. The van der Waals surface area contributed by atoms with Gasteiger partial charge in [-0.1, -0.05) is 12.1 Å². The number of nitrogens with one attached hydrogen (secondary N) is 1. The van der Waals surface area contributed by atoms with Gasteiger partial charge in [0, 0.05) is 17.8 Å². The standard InChI is InChI=1S/C26H26FN5O.3C2HF3O2/c1-17-4-3-5-23(18(17)2)33-26-29-15-12-22(31-26)25-24(19-6-8-20(27)9-7-19)30-16-32(25)21-10-13-28-14-11-21;3*3-2(4,5)1(6)7/h3-9,12,15-16,21,28H,10-11,13-14H2,1-2H3;3*(H,6,7). The molecular formula is C32H29F10N5O7. The summed E-state index contributed by atoms with van der Waals surface area (Å²) in [5.74, 6) is -7.81. The summed E-state index contributed by atoms with van der Waals surface area (Å²) in [5, 5.41) is 24.8. The zero-order valence-corrected chi connectivity index (χ0v) is 27.7. The van der Waals surface area contributed by atoms with Gasteiger partial charge in [-0.05, 0) is 87.3 Å². The molecule has 54 heavy (non-hydrogen) atoms. The Morgan fingerprint density at radius 3 is 1.76 bits per heavy atom. The Bertz CT molecular complexity index is 1820. The Morgan fingerprint density at radius 1 is 0.778 bits per heavy atom. The summed E-state index contributed by atoms with van der Waals surface area (Å²) < 4.78 is 117. The minimum Gasteiger partial charge on any atom is -0.475 e. The molecule has 0 unspecified atom stereocenters. The molecule has 1 saturated heterocycles. The second-order valence-electron chi connectivity index (χ2n) is 10.8. The van der Waals surface area contributed by atoms with E-state index in [9.17, 15) is 43.9 Å². The predicted octanol–water partition coefficient (Wildman–Crippen LogP) is 7.38. The first-order chi connectivity index (χ1) is 24.9. The Kier molecular flexibility index (Phi) is 15.4. The van der Waals surface area contributed by atoms with E-state index in [0.29, 0.717) is 6.04 Å². The molecule has 0 radical (unpaired) electrons. The van der Waals surface area contributed by atoms with Crippen LogP contribution in [0.3, 0.4) is 0 Å². The molecule has 5 rings (SSSR count). The number of piperidine rings is 1. The monoisotopic (exact) mass is 785 g/mol. The van der Waals surface area contributed by atoms with E-state index < -0.39 is 36.4 Å². The third kappa shape index (κ3) is 13.6. The van der Waals surface area contributed by atoms with Crippen molar-refractivity contribution in [3.8, 4) is 34.4 Å². The first-order valence-electron chi connectivity index (χ1n) is 14.9. The van der Waals surface area contributed by atoms with E-state index >= 15 is 0 Å². The van der Waals surface area contributed by atoms with Gasteiger partial charge in [0.2, 0.25) is 0 Å². The molecule has 0 saturated carbocycles. The highest BCUT2D eigenvalue weighted by Crippen LogP contribution is 2.35. The Hall–Kier alpha value is -5.80. The fourth-order valence-corrected chi connectivity index (χ4v) is 4.25. The third-order valence-corrected chi connectivity index (χ3v) is 6.97. The number of benzene rings is 2. The zero-order valence-electron chi connectivity index (χ0n) is 27.7. The van der Waals surface area contributed by atoms with Crippen LogP contribution >= 0.6 is 0 Å². The van der Waals surface area contributed by atoms with Gasteiger partial charge < -0.3 is 29.9 Å². The van der Waals surface area contributed by atoms with Crippen LogP contribution in [0, 0.1) is 19.7 Å². The van der Waals surface area contributed by atoms with E-state index in [1.165, 1.54) is 12.1 Å². The van der Waals surface area contributed by atoms with Crippen LogP contribution < -0.4 is 10.1 Å². The number of aryl methyl sites for hydroxylation is 1. The minimum atomic E-state index is -5.08. The van der Waals surface area contributed by atoms with Crippen LogP contribution in [0.2, 0.25) is 0 Å². The second kappa shape index (κ2) is 18.8. The summed E-state index contributed by atoms with van der Waals surface area (Å²) in [5.41, 5.74) is 5.42. The van der Waals surface area contributed by atoms with Crippen molar-refractivity contribution in [2.45, 2.75) is 51.3 Å². The van der Waals surface area contributed by atoms with Gasteiger partial charge in [0.25, 0.3) is 0 Å². The molecule has 0 spiro atoms. The first-order valence-corrected chi connectivity index (χ1v) is 14.9. The third-order valence-electron chi connectivity index (χ3n) is 6.97. The Morgan fingerprint density at radius 2 is 1.28 bits per heavy atom. The van der Waals surface area contributed by atoms with E-state index in [2.05, 4.69) is 14.9 Å². The number of ether oxygens (including phenoxy) is 1. The number of carboxylic acids is 3. The van der Waals surface area contributed by atoms with Crippen molar-refractivity contribution in [3.05, 3.63) is 78.0 Å². The average molecular weight is 786 g/mol. The minimum absolute atomic E-state index is 0.274. The molecule has 1 fully saturated rings. The van der Waals surface area contributed by atoms with Crippen molar-refractivity contribution in [2.75, 3.05) is 13.1 Å². The molecule has 22 heteroatoms. The molecule has 294 valence electrons. The fraction of sp³-hybridized carbons (Fsp3) is 0.312. The van der Waals surface area contributed by atoms with Crippen molar-refractivity contribution in [1.82, 2.24) is 24.8 Å². The molecule has 3 heterocycles. The quantitative estimate of drug-likeness (QED) is 0.149. The van der Waals surface area contributed by atoms with Crippen molar-refractivity contribution in [1.29, 1.82) is 0 Å². The Balaban J connectivity index is 0.000000393. The topological polar surface area (TPSA) is 177 Å². The lowest BCUT2D eigenvalue weighted by molar-refractivity contribution is -0.193. The van der Waals surface area contributed by atoms with E-state index in [0.717, 1.165) is 65.5 Å².